The fourth-order valence-electron chi connectivity index (χ4n) is 1.81. The second kappa shape index (κ2) is 10.4. The molecule has 0 heterocycles. The molecule has 0 spiro atoms. The van der Waals surface area contributed by atoms with Gasteiger partial charge in [-0.2, -0.15) is 0 Å². The van der Waals surface area contributed by atoms with E-state index in [-0.39, 0.29) is 0 Å². The summed E-state index contributed by atoms with van der Waals surface area (Å²) in [5.74, 6) is 0. The minimum atomic E-state index is 1.32. The number of hydrogen-bond acceptors (Lipinski definition) is 0. The number of hydrogen-bond donors (Lipinski definition) is 0. The van der Waals surface area contributed by atoms with Crippen molar-refractivity contribution >= 4 is 0 Å². The van der Waals surface area contributed by atoms with Gasteiger partial charge in [0.2, 0.25) is 0 Å². The van der Waals surface area contributed by atoms with Gasteiger partial charge in [0.1, 0.15) is 0 Å². The van der Waals surface area contributed by atoms with E-state index in [1.165, 1.54) is 27.8 Å². The third-order valence-electron chi connectivity index (χ3n) is 3.38. The third kappa shape index (κ3) is 9.31. The minimum Gasteiger partial charge on any atom is -0.0622 e. The maximum Gasteiger partial charge on any atom is -0.0398 e. The van der Waals surface area contributed by atoms with Crippen molar-refractivity contribution < 1.29 is 0 Å². The van der Waals surface area contributed by atoms with E-state index in [0.29, 0.717) is 0 Å². The van der Waals surface area contributed by atoms with Crippen molar-refractivity contribution in [1.82, 2.24) is 0 Å². The van der Waals surface area contributed by atoms with Crippen LogP contribution in [0.5, 0.6) is 0 Å². The fraction of sp³-hybridized carbons (Fsp3) is 0.217. The van der Waals surface area contributed by atoms with Crippen molar-refractivity contribution in [2.24, 2.45) is 0 Å². The molecule has 0 aliphatic heterocycles. The topological polar surface area (TPSA) is 0 Å². The van der Waals surface area contributed by atoms with Gasteiger partial charge in [0.25, 0.3) is 0 Å². The van der Waals surface area contributed by atoms with Crippen LogP contribution in [0, 0.1) is 34.6 Å². The van der Waals surface area contributed by atoms with Crippen LogP contribution in [-0.4, -0.2) is 0 Å². The van der Waals surface area contributed by atoms with Gasteiger partial charge in [-0.1, -0.05) is 107 Å². The summed E-state index contributed by atoms with van der Waals surface area (Å²) >= 11 is 0. The van der Waals surface area contributed by atoms with Crippen molar-refractivity contribution in [3.63, 3.8) is 0 Å². The van der Waals surface area contributed by atoms with Gasteiger partial charge in [0.15, 0.2) is 0 Å². The molecule has 0 heteroatoms. The predicted octanol–water partition coefficient (Wildman–Crippen LogP) is 6.60. The summed E-state index contributed by atoms with van der Waals surface area (Å²) in [5, 5.41) is 0. The quantitative estimate of drug-likeness (QED) is 0.439. The highest BCUT2D eigenvalue weighted by Gasteiger charge is 1.80. The molecular formula is C23H28. The van der Waals surface area contributed by atoms with E-state index in [9.17, 15) is 0 Å². The van der Waals surface area contributed by atoms with Gasteiger partial charge >= 0.3 is 0 Å². The van der Waals surface area contributed by atoms with Crippen molar-refractivity contribution in [2.45, 2.75) is 34.6 Å². The highest BCUT2D eigenvalue weighted by atomic mass is 13.9. The van der Waals surface area contributed by atoms with E-state index in [4.69, 9.17) is 0 Å². The molecule has 0 aromatic heterocycles. The summed E-state index contributed by atoms with van der Waals surface area (Å²) in [6, 6.07) is 27.2. The zero-order valence-corrected chi connectivity index (χ0v) is 15.0. The van der Waals surface area contributed by atoms with Gasteiger partial charge < -0.3 is 0 Å². The van der Waals surface area contributed by atoms with Crippen LogP contribution in [0.2, 0.25) is 0 Å². The lowest BCUT2D eigenvalue weighted by Crippen LogP contribution is -1.70. The molecule has 3 aromatic carbocycles. The van der Waals surface area contributed by atoms with E-state index in [1.807, 2.05) is 18.2 Å². The van der Waals surface area contributed by atoms with Crippen molar-refractivity contribution in [1.29, 1.82) is 0 Å². The van der Waals surface area contributed by atoms with Crippen LogP contribution in [0.25, 0.3) is 0 Å². The molecule has 0 saturated carbocycles. The molecule has 0 N–H and O–H groups in total. The maximum atomic E-state index is 2.12. The molecule has 0 amide bonds. The lowest BCUT2D eigenvalue weighted by atomic mass is 10.2. The Morgan fingerprint density at radius 2 is 0.522 bits per heavy atom. The van der Waals surface area contributed by atoms with Gasteiger partial charge in [0.05, 0.1) is 0 Å². The molecule has 0 bridgehead atoms. The molecule has 0 atom stereocenters. The number of benzene rings is 3. The lowest BCUT2D eigenvalue weighted by Gasteiger charge is -1.90. The molecular weight excluding hydrogens is 276 g/mol. The molecule has 120 valence electrons. The predicted molar refractivity (Wildman–Crippen MR) is 103 cm³/mol. The van der Waals surface area contributed by atoms with E-state index in [0.717, 1.165) is 0 Å². The Balaban J connectivity index is 0.000000173. The Morgan fingerprint density at radius 3 is 0.696 bits per heavy atom. The average Bonchev–Trinajstić information content (AvgIpc) is 2.55. The number of rotatable bonds is 0. The highest BCUT2D eigenvalue weighted by Crippen LogP contribution is 2.00. The molecule has 0 fully saturated rings. The zero-order chi connectivity index (χ0) is 17.1. The smallest absolute Gasteiger partial charge is 0.0398 e. The molecule has 0 aliphatic carbocycles. The Morgan fingerprint density at radius 1 is 0.304 bits per heavy atom. The first-order chi connectivity index (χ1) is 11.0. The zero-order valence-electron chi connectivity index (χ0n) is 15.0. The van der Waals surface area contributed by atoms with Gasteiger partial charge in [0, 0.05) is 0 Å². The van der Waals surface area contributed by atoms with E-state index in [1.54, 1.807) is 0 Å². The SMILES string of the molecule is Cc1ccc(C)cc1.Cc1ccc(C)cc1.Cc1ccccc1. The summed E-state index contributed by atoms with van der Waals surface area (Å²) < 4.78 is 0. The van der Waals surface area contributed by atoms with Crippen LogP contribution < -0.4 is 0 Å². The summed E-state index contributed by atoms with van der Waals surface area (Å²) in [5.41, 5.74) is 6.64. The second-order valence-electron chi connectivity index (χ2n) is 5.96. The summed E-state index contributed by atoms with van der Waals surface area (Å²) in [7, 11) is 0. The molecule has 3 rings (SSSR count). The molecule has 0 saturated heterocycles. The monoisotopic (exact) mass is 304 g/mol. The van der Waals surface area contributed by atoms with Gasteiger partial charge in [-0.15, -0.1) is 0 Å². The molecule has 23 heavy (non-hydrogen) atoms. The van der Waals surface area contributed by atoms with Gasteiger partial charge in [-0.05, 0) is 34.6 Å². The van der Waals surface area contributed by atoms with E-state index < -0.39 is 0 Å². The Labute approximate surface area is 141 Å². The van der Waals surface area contributed by atoms with Crippen LogP contribution in [0.4, 0.5) is 0 Å². The molecule has 0 nitrogen and oxygen atoms in total. The molecule has 0 radical (unpaired) electrons. The van der Waals surface area contributed by atoms with Crippen molar-refractivity contribution in [2.75, 3.05) is 0 Å². The average molecular weight is 304 g/mol. The second-order valence-corrected chi connectivity index (χ2v) is 5.96. The Hall–Kier alpha value is -2.34. The van der Waals surface area contributed by atoms with Crippen LogP contribution in [0.1, 0.15) is 27.8 Å². The third-order valence-corrected chi connectivity index (χ3v) is 3.38. The highest BCUT2D eigenvalue weighted by molar-refractivity contribution is 5.20. The molecule has 3 aromatic rings. The molecule has 0 unspecified atom stereocenters. The summed E-state index contributed by atoms with van der Waals surface area (Å²) in [6.45, 7) is 10.5. The van der Waals surface area contributed by atoms with Gasteiger partial charge in [-0.3, -0.25) is 0 Å². The Bertz CT molecular complexity index is 561. The lowest BCUT2D eigenvalue weighted by molar-refractivity contribution is 1.40. The summed E-state index contributed by atoms with van der Waals surface area (Å²) in [6.07, 6.45) is 0. The van der Waals surface area contributed by atoms with Crippen molar-refractivity contribution in [3.05, 3.63) is 107 Å². The first kappa shape index (κ1) is 18.7. The van der Waals surface area contributed by atoms with Crippen LogP contribution in [-0.2, 0) is 0 Å². The maximum absolute atomic E-state index is 2.12. The van der Waals surface area contributed by atoms with E-state index >= 15 is 0 Å². The summed E-state index contributed by atoms with van der Waals surface area (Å²) in [4.78, 5) is 0. The first-order valence-corrected chi connectivity index (χ1v) is 8.05. The Kier molecular flexibility index (Phi) is 8.46. The largest absolute Gasteiger partial charge is 0.0622 e. The number of aryl methyl sites for hydroxylation is 5. The van der Waals surface area contributed by atoms with Crippen LogP contribution in [0.3, 0.4) is 0 Å². The normalized spacial score (nSPS) is 9.09. The van der Waals surface area contributed by atoms with Crippen molar-refractivity contribution in [3.8, 4) is 0 Å². The van der Waals surface area contributed by atoms with Gasteiger partial charge in [-0.25, -0.2) is 0 Å². The molecule has 0 aliphatic rings. The van der Waals surface area contributed by atoms with E-state index in [2.05, 4.69) is 95.3 Å². The van der Waals surface area contributed by atoms with Crippen LogP contribution in [0.15, 0.2) is 78.9 Å². The minimum absolute atomic E-state index is 1.32. The first-order valence-electron chi connectivity index (χ1n) is 8.05. The standard InChI is InChI=1S/2C8H10.C7H8/c2*1-7-3-5-8(2)6-4-7;1-7-5-3-2-4-6-7/h2*3-6H,1-2H3;2-6H,1H3. The van der Waals surface area contributed by atoms with Crippen LogP contribution >= 0.6 is 0 Å². The fourth-order valence-corrected chi connectivity index (χ4v) is 1.81.